The van der Waals surface area contributed by atoms with Crippen LogP contribution in [0.4, 0.5) is 5.69 Å². The molecule has 1 aromatic carbocycles. The number of fused-ring (bicyclic) bond motifs is 1. The van der Waals surface area contributed by atoms with Crippen molar-refractivity contribution in [3.8, 4) is 0 Å². The molecule has 2 aliphatic heterocycles. The second kappa shape index (κ2) is 3.72. The van der Waals surface area contributed by atoms with Crippen LogP contribution in [0.2, 0.25) is 0 Å². The average molecular weight is 246 g/mol. The summed E-state index contributed by atoms with van der Waals surface area (Å²) in [5.41, 5.74) is 1.05. The predicted molar refractivity (Wildman–Crippen MR) is 69.5 cm³/mol. The topological polar surface area (TPSA) is 50.4 Å². The minimum absolute atomic E-state index is 0.00190. The van der Waals surface area contributed by atoms with Gasteiger partial charge in [0.05, 0.1) is 17.8 Å². The van der Waals surface area contributed by atoms with E-state index in [1.807, 2.05) is 24.3 Å². The van der Waals surface area contributed by atoms with Gasteiger partial charge in [-0.1, -0.05) is 12.1 Å². The number of ether oxygens (including phenoxy) is 1. The van der Waals surface area contributed by atoms with Crippen molar-refractivity contribution in [2.45, 2.75) is 38.0 Å². The highest BCUT2D eigenvalue weighted by atomic mass is 16.5. The molecule has 0 radical (unpaired) electrons. The first kappa shape index (κ1) is 11.5. The van der Waals surface area contributed by atoms with Crippen LogP contribution in [0, 0.1) is 0 Å². The highest BCUT2D eigenvalue weighted by molar-refractivity contribution is 6.02. The average Bonchev–Trinajstić information content (AvgIpc) is 2.27. The van der Waals surface area contributed by atoms with Gasteiger partial charge >= 0.3 is 0 Å². The molecule has 1 spiro atoms. The number of anilines is 1. The molecule has 1 amide bonds. The molecule has 1 aromatic rings. The first-order valence-corrected chi connectivity index (χ1v) is 6.33. The Morgan fingerprint density at radius 2 is 2.00 bits per heavy atom. The minimum atomic E-state index is -0.368. The largest absolute Gasteiger partial charge is 0.375 e. The number of para-hydroxylation sites is 1. The van der Waals surface area contributed by atoms with Crippen LogP contribution >= 0.6 is 0 Å². The quantitative estimate of drug-likeness (QED) is 0.737. The number of carbonyl (C=O) groups excluding carboxylic acids is 1. The third-order valence-electron chi connectivity index (χ3n) is 3.65. The molecule has 0 saturated carbocycles. The van der Waals surface area contributed by atoms with Crippen molar-refractivity contribution < 1.29 is 9.53 Å². The number of nitrogens with one attached hydrogen (secondary N) is 2. The Hall–Kier alpha value is -1.55. The summed E-state index contributed by atoms with van der Waals surface area (Å²) in [5, 5.41) is 6.60. The van der Waals surface area contributed by atoms with E-state index in [2.05, 4.69) is 24.5 Å². The van der Waals surface area contributed by atoms with E-state index < -0.39 is 0 Å². The van der Waals surface area contributed by atoms with Crippen molar-refractivity contribution in [1.82, 2.24) is 5.32 Å². The summed E-state index contributed by atoms with van der Waals surface area (Å²) in [7, 11) is 0. The lowest BCUT2D eigenvalue weighted by Gasteiger charge is -2.48. The van der Waals surface area contributed by atoms with Gasteiger partial charge in [-0.05, 0) is 26.0 Å². The molecular formula is C14H18N2O2. The second-order valence-electron chi connectivity index (χ2n) is 5.74. The Labute approximate surface area is 107 Å². The fraction of sp³-hybridized carbons (Fsp3) is 0.500. The summed E-state index contributed by atoms with van der Waals surface area (Å²) in [6, 6.07) is 7.63. The smallest absolute Gasteiger partial charge is 0.255 e. The fourth-order valence-corrected chi connectivity index (χ4v) is 2.94. The van der Waals surface area contributed by atoms with E-state index in [1.165, 1.54) is 0 Å². The lowest BCUT2D eigenvalue weighted by molar-refractivity contribution is -0.0800. The zero-order chi connectivity index (χ0) is 12.8. The molecule has 0 bridgehead atoms. The van der Waals surface area contributed by atoms with E-state index >= 15 is 0 Å². The normalized spacial score (nSPS) is 29.3. The summed E-state index contributed by atoms with van der Waals surface area (Å²) in [6.07, 6.45) is 1.55. The van der Waals surface area contributed by atoms with Crippen molar-refractivity contribution in [2.75, 3.05) is 11.9 Å². The molecule has 3 rings (SSSR count). The predicted octanol–water partition coefficient (Wildman–Crippen LogP) is 2.13. The van der Waals surface area contributed by atoms with Crippen molar-refractivity contribution in [3.05, 3.63) is 29.8 Å². The number of hydrogen-bond donors (Lipinski definition) is 2. The van der Waals surface area contributed by atoms with E-state index in [4.69, 9.17) is 4.74 Å². The van der Waals surface area contributed by atoms with Gasteiger partial charge in [0.15, 0.2) is 0 Å². The van der Waals surface area contributed by atoms with E-state index in [0.29, 0.717) is 12.2 Å². The Bertz CT molecular complexity index is 498. The molecule has 4 heteroatoms. The van der Waals surface area contributed by atoms with E-state index in [-0.39, 0.29) is 17.2 Å². The van der Waals surface area contributed by atoms with E-state index in [9.17, 15) is 4.79 Å². The van der Waals surface area contributed by atoms with Crippen LogP contribution in [0.15, 0.2) is 24.3 Å². The molecule has 1 fully saturated rings. The maximum absolute atomic E-state index is 12.2. The van der Waals surface area contributed by atoms with Gasteiger partial charge in [0.2, 0.25) is 0 Å². The molecule has 96 valence electrons. The standard InChI is InChI=1S/C14H18N2O2/c1-13(2)9-14(7-8-18-13)15-11-6-4-3-5-10(11)12(17)16-14/h3-6,15H,7-9H2,1-2H3,(H,16,17). The Kier molecular flexibility index (Phi) is 2.38. The van der Waals surface area contributed by atoms with Crippen molar-refractivity contribution >= 4 is 11.6 Å². The molecule has 2 heterocycles. The summed E-state index contributed by atoms with van der Waals surface area (Å²) in [5.74, 6) is 0.00190. The Balaban J connectivity index is 1.96. The zero-order valence-corrected chi connectivity index (χ0v) is 10.7. The molecule has 0 aromatic heterocycles. The van der Waals surface area contributed by atoms with Gasteiger partial charge in [0, 0.05) is 18.5 Å². The van der Waals surface area contributed by atoms with Gasteiger partial charge in [-0.15, -0.1) is 0 Å². The third kappa shape index (κ3) is 1.86. The first-order valence-electron chi connectivity index (χ1n) is 6.33. The van der Waals surface area contributed by atoms with Crippen molar-refractivity contribution in [2.24, 2.45) is 0 Å². The maximum atomic E-state index is 12.2. The Morgan fingerprint density at radius 3 is 2.78 bits per heavy atom. The van der Waals surface area contributed by atoms with Crippen LogP contribution in [-0.2, 0) is 4.74 Å². The van der Waals surface area contributed by atoms with Crippen molar-refractivity contribution in [1.29, 1.82) is 0 Å². The summed E-state index contributed by atoms with van der Waals surface area (Å²) in [6.45, 7) is 4.77. The number of carbonyl (C=O) groups is 1. The highest BCUT2D eigenvalue weighted by Gasteiger charge is 2.44. The van der Waals surface area contributed by atoms with Crippen molar-refractivity contribution in [3.63, 3.8) is 0 Å². The van der Waals surface area contributed by atoms with Crippen LogP contribution < -0.4 is 10.6 Å². The summed E-state index contributed by atoms with van der Waals surface area (Å²) in [4.78, 5) is 12.2. The fourth-order valence-electron chi connectivity index (χ4n) is 2.94. The molecule has 1 atom stereocenters. The molecule has 2 N–H and O–H groups in total. The Morgan fingerprint density at radius 1 is 1.22 bits per heavy atom. The lowest BCUT2D eigenvalue weighted by Crippen LogP contribution is -2.63. The van der Waals surface area contributed by atoms with Crippen LogP contribution in [0.1, 0.15) is 37.0 Å². The summed E-state index contributed by atoms with van der Waals surface area (Å²) >= 11 is 0. The SMILES string of the molecule is CC1(C)CC2(CCO1)NC(=O)c1ccccc1N2. The van der Waals surface area contributed by atoms with Gasteiger partial charge in [0.1, 0.15) is 5.66 Å². The van der Waals surface area contributed by atoms with Gasteiger partial charge in [-0.3, -0.25) is 4.79 Å². The molecule has 2 aliphatic rings. The number of amides is 1. The van der Waals surface area contributed by atoms with Crippen LogP contribution in [0.5, 0.6) is 0 Å². The van der Waals surface area contributed by atoms with E-state index in [1.54, 1.807) is 0 Å². The summed E-state index contributed by atoms with van der Waals surface area (Å²) < 4.78 is 5.72. The minimum Gasteiger partial charge on any atom is -0.375 e. The number of rotatable bonds is 0. The van der Waals surface area contributed by atoms with E-state index in [0.717, 1.165) is 18.5 Å². The number of hydrogen-bond acceptors (Lipinski definition) is 3. The molecular weight excluding hydrogens is 228 g/mol. The van der Waals surface area contributed by atoms with Crippen LogP contribution in [-0.4, -0.2) is 23.8 Å². The van der Waals surface area contributed by atoms with Gasteiger partial charge in [-0.25, -0.2) is 0 Å². The maximum Gasteiger partial charge on any atom is 0.255 e. The van der Waals surface area contributed by atoms with Gasteiger partial charge in [-0.2, -0.15) is 0 Å². The molecule has 4 nitrogen and oxygen atoms in total. The third-order valence-corrected chi connectivity index (χ3v) is 3.65. The van der Waals surface area contributed by atoms with Gasteiger partial charge < -0.3 is 15.4 Å². The second-order valence-corrected chi connectivity index (χ2v) is 5.74. The van der Waals surface area contributed by atoms with Crippen LogP contribution in [0.25, 0.3) is 0 Å². The first-order chi connectivity index (χ1) is 8.50. The van der Waals surface area contributed by atoms with Gasteiger partial charge in [0.25, 0.3) is 5.91 Å². The van der Waals surface area contributed by atoms with Crippen LogP contribution in [0.3, 0.4) is 0 Å². The molecule has 18 heavy (non-hydrogen) atoms. The molecule has 0 aliphatic carbocycles. The molecule has 1 unspecified atom stereocenters. The monoisotopic (exact) mass is 246 g/mol. The highest BCUT2D eigenvalue weighted by Crippen LogP contribution is 2.36. The number of benzene rings is 1. The molecule has 1 saturated heterocycles. The lowest BCUT2D eigenvalue weighted by atomic mass is 9.86. The zero-order valence-electron chi connectivity index (χ0n) is 10.7.